The molecule has 1 aliphatic heterocycles. The van der Waals surface area contributed by atoms with E-state index in [0.717, 1.165) is 30.2 Å². The zero-order valence-electron chi connectivity index (χ0n) is 16.3. The van der Waals surface area contributed by atoms with Crippen molar-refractivity contribution in [3.8, 4) is 5.95 Å². The summed E-state index contributed by atoms with van der Waals surface area (Å²) in [5.41, 5.74) is 2.72. The zero-order valence-corrected chi connectivity index (χ0v) is 16.3. The van der Waals surface area contributed by atoms with Gasteiger partial charge >= 0.3 is 0 Å². The van der Waals surface area contributed by atoms with Gasteiger partial charge in [0, 0.05) is 37.7 Å². The van der Waals surface area contributed by atoms with E-state index < -0.39 is 5.92 Å². The summed E-state index contributed by atoms with van der Waals surface area (Å²) in [6, 6.07) is 1.94. The predicted octanol–water partition coefficient (Wildman–Crippen LogP) is 3.11. The van der Waals surface area contributed by atoms with Gasteiger partial charge in [0.2, 0.25) is 5.92 Å². The fourth-order valence-electron chi connectivity index (χ4n) is 3.82. The maximum absolute atomic E-state index is 13.5. The van der Waals surface area contributed by atoms with Crippen LogP contribution in [0.15, 0.2) is 12.3 Å². The standard InChI is InChI=1S/C19H26F2N6O/c1-13-11-14(2)27(25-13)18-22-12-16(26-7-9-28-10-8-26)17(24-18)23-15-3-5-19(20,21)6-4-15/h11-12,15H,3-10H2,1-2H3,(H,22,23,24). The van der Waals surface area contributed by atoms with E-state index in [-0.39, 0.29) is 18.9 Å². The summed E-state index contributed by atoms with van der Waals surface area (Å²) < 4.78 is 34.2. The number of ether oxygens (including phenoxy) is 1. The Hall–Kier alpha value is -2.29. The van der Waals surface area contributed by atoms with Gasteiger partial charge < -0.3 is 15.0 Å². The molecule has 152 valence electrons. The Kier molecular flexibility index (Phi) is 5.18. The number of alkyl halides is 2. The van der Waals surface area contributed by atoms with Crippen molar-refractivity contribution in [2.24, 2.45) is 0 Å². The third-order valence-electron chi connectivity index (χ3n) is 5.37. The van der Waals surface area contributed by atoms with Gasteiger partial charge in [-0.3, -0.25) is 0 Å². The molecule has 0 unspecified atom stereocenters. The topological polar surface area (TPSA) is 68.1 Å². The molecular weight excluding hydrogens is 366 g/mol. The first-order valence-corrected chi connectivity index (χ1v) is 9.79. The molecule has 7 nitrogen and oxygen atoms in total. The fraction of sp³-hybridized carbons (Fsp3) is 0.632. The molecule has 2 aromatic heterocycles. The van der Waals surface area contributed by atoms with Crippen molar-refractivity contribution in [3.05, 3.63) is 23.7 Å². The third-order valence-corrected chi connectivity index (χ3v) is 5.37. The number of nitrogens with zero attached hydrogens (tertiary/aromatic N) is 5. The molecule has 1 N–H and O–H groups in total. The second-order valence-corrected chi connectivity index (χ2v) is 7.62. The minimum Gasteiger partial charge on any atom is -0.378 e. The molecule has 0 spiro atoms. The summed E-state index contributed by atoms with van der Waals surface area (Å²) in [6.07, 6.45) is 2.47. The van der Waals surface area contributed by atoms with Crippen molar-refractivity contribution in [3.63, 3.8) is 0 Å². The highest BCUT2D eigenvalue weighted by atomic mass is 19.3. The van der Waals surface area contributed by atoms with E-state index >= 15 is 0 Å². The number of hydrogen-bond acceptors (Lipinski definition) is 6. The van der Waals surface area contributed by atoms with Crippen LogP contribution in [-0.2, 0) is 4.74 Å². The molecule has 2 fully saturated rings. The number of anilines is 2. The lowest BCUT2D eigenvalue weighted by atomic mass is 9.92. The molecule has 2 aromatic rings. The van der Waals surface area contributed by atoms with Crippen molar-refractivity contribution >= 4 is 11.5 Å². The van der Waals surface area contributed by atoms with Crippen LogP contribution in [0.4, 0.5) is 20.3 Å². The van der Waals surface area contributed by atoms with Gasteiger partial charge in [-0.25, -0.2) is 18.4 Å². The molecule has 28 heavy (non-hydrogen) atoms. The van der Waals surface area contributed by atoms with E-state index in [0.29, 0.717) is 37.8 Å². The van der Waals surface area contributed by atoms with Crippen LogP contribution in [0.2, 0.25) is 0 Å². The Labute approximate surface area is 163 Å². The van der Waals surface area contributed by atoms with E-state index in [2.05, 4.69) is 20.3 Å². The lowest BCUT2D eigenvalue weighted by Crippen LogP contribution is -2.38. The summed E-state index contributed by atoms with van der Waals surface area (Å²) in [5, 5.41) is 7.87. The Morgan fingerprint density at radius 2 is 1.89 bits per heavy atom. The highest BCUT2D eigenvalue weighted by Crippen LogP contribution is 2.35. The Morgan fingerprint density at radius 3 is 2.54 bits per heavy atom. The summed E-state index contributed by atoms with van der Waals surface area (Å²) in [7, 11) is 0. The largest absolute Gasteiger partial charge is 0.378 e. The quantitative estimate of drug-likeness (QED) is 0.862. The van der Waals surface area contributed by atoms with Crippen LogP contribution in [0.3, 0.4) is 0 Å². The highest BCUT2D eigenvalue weighted by Gasteiger charge is 2.35. The summed E-state index contributed by atoms with van der Waals surface area (Å²) in [6.45, 7) is 6.67. The maximum atomic E-state index is 13.5. The number of aryl methyl sites for hydroxylation is 2. The number of halogens is 2. The van der Waals surface area contributed by atoms with E-state index in [9.17, 15) is 8.78 Å². The molecule has 1 saturated carbocycles. The normalized spacial score (nSPS) is 20.4. The average Bonchev–Trinajstić information content (AvgIpc) is 3.02. The molecule has 0 aromatic carbocycles. The van der Waals surface area contributed by atoms with Gasteiger partial charge in [-0.15, -0.1) is 0 Å². The van der Waals surface area contributed by atoms with Crippen molar-refractivity contribution < 1.29 is 13.5 Å². The molecule has 9 heteroatoms. The Bertz CT molecular complexity index is 824. The Balaban J connectivity index is 1.63. The lowest BCUT2D eigenvalue weighted by Gasteiger charge is -2.33. The molecular formula is C19H26F2N6O. The smallest absolute Gasteiger partial charge is 0.252 e. The van der Waals surface area contributed by atoms with Gasteiger partial charge in [-0.1, -0.05) is 0 Å². The SMILES string of the molecule is Cc1cc(C)n(-c2ncc(N3CCOCC3)c(NC3CCC(F)(F)CC3)n2)n1. The van der Waals surface area contributed by atoms with Gasteiger partial charge in [-0.05, 0) is 32.8 Å². The first-order chi connectivity index (χ1) is 13.4. The van der Waals surface area contributed by atoms with Crippen LogP contribution >= 0.6 is 0 Å². The van der Waals surface area contributed by atoms with Crippen molar-refractivity contribution in [2.75, 3.05) is 36.5 Å². The van der Waals surface area contributed by atoms with E-state index in [1.54, 1.807) is 10.9 Å². The summed E-state index contributed by atoms with van der Waals surface area (Å²) >= 11 is 0. The van der Waals surface area contributed by atoms with Gasteiger partial charge in [0.15, 0.2) is 5.82 Å². The molecule has 0 atom stereocenters. The minimum absolute atomic E-state index is 0.0254. The molecule has 3 heterocycles. The molecule has 4 rings (SSSR count). The lowest BCUT2D eigenvalue weighted by molar-refractivity contribution is -0.0361. The molecule has 0 radical (unpaired) electrons. The van der Waals surface area contributed by atoms with E-state index in [1.165, 1.54) is 0 Å². The van der Waals surface area contributed by atoms with Gasteiger partial charge in [0.05, 0.1) is 30.8 Å². The highest BCUT2D eigenvalue weighted by molar-refractivity contribution is 5.66. The second-order valence-electron chi connectivity index (χ2n) is 7.62. The number of nitrogens with one attached hydrogen (secondary N) is 1. The van der Waals surface area contributed by atoms with Gasteiger partial charge in [-0.2, -0.15) is 10.1 Å². The molecule has 2 aliphatic rings. The Morgan fingerprint density at radius 1 is 1.18 bits per heavy atom. The van der Waals surface area contributed by atoms with E-state index in [1.807, 2.05) is 19.9 Å². The van der Waals surface area contributed by atoms with Gasteiger partial charge in [0.1, 0.15) is 0 Å². The number of hydrogen-bond donors (Lipinski definition) is 1. The fourth-order valence-corrected chi connectivity index (χ4v) is 3.82. The van der Waals surface area contributed by atoms with Crippen LogP contribution in [0.5, 0.6) is 0 Å². The monoisotopic (exact) mass is 392 g/mol. The van der Waals surface area contributed by atoms with Crippen LogP contribution in [0.1, 0.15) is 37.1 Å². The van der Waals surface area contributed by atoms with Crippen LogP contribution < -0.4 is 10.2 Å². The maximum Gasteiger partial charge on any atom is 0.252 e. The second kappa shape index (κ2) is 7.62. The van der Waals surface area contributed by atoms with Gasteiger partial charge in [0.25, 0.3) is 5.95 Å². The number of aromatic nitrogens is 4. The van der Waals surface area contributed by atoms with Crippen LogP contribution in [-0.4, -0.2) is 58.0 Å². The van der Waals surface area contributed by atoms with Crippen molar-refractivity contribution in [1.29, 1.82) is 0 Å². The first kappa shape index (κ1) is 19.0. The average molecular weight is 392 g/mol. The molecule has 0 amide bonds. The minimum atomic E-state index is -2.55. The third kappa shape index (κ3) is 4.09. The zero-order chi connectivity index (χ0) is 19.7. The van der Waals surface area contributed by atoms with Crippen molar-refractivity contribution in [2.45, 2.75) is 51.5 Å². The number of rotatable bonds is 4. The number of morpholine rings is 1. The molecule has 1 saturated heterocycles. The molecule has 0 bridgehead atoms. The first-order valence-electron chi connectivity index (χ1n) is 9.79. The predicted molar refractivity (Wildman–Crippen MR) is 102 cm³/mol. The molecule has 1 aliphatic carbocycles. The van der Waals surface area contributed by atoms with Crippen LogP contribution in [0, 0.1) is 13.8 Å². The summed E-state index contributed by atoms with van der Waals surface area (Å²) in [5.74, 6) is -1.40. The van der Waals surface area contributed by atoms with Crippen molar-refractivity contribution in [1.82, 2.24) is 19.7 Å². The van der Waals surface area contributed by atoms with Crippen LogP contribution in [0.25, 0.3) is 5.95 Å². The summed E-state index contributed by atoms with van der Waals surface area (Å²) in [4.78, 5) is 11.4. The van der Waals surface area contributed by atoms with E-state index in [4.69, 9.17) is 9.72 Å².